The topological polar surface area (TPSA) is 35.6 Å². The molecule has 4 nitrogen and oxygen atoms in total. The number of rotatable bonds is 4. The van der Waals surface area contributed by atoms with E-state index >= 15 is 0 Å². The Labute approximate surface area is 162 Å². The molecule has 1 aliphatic heterocycles. The van der Waals surface area contributed by atoms with Crippen molar-refractivity contribution in [3.8, 4) is 0 Å². The summed E-state index contributed by atoms with van der Waals surface area (Å²) in [5.41, 5.74) is 1.31. The number of amides is 2. The van der Waals surface area contributed by atoms with E-state index in [2.05, 4.69) is 10.2 Å². The highest BCUT2D eigenvalue weighted by Crippen LogP contribution is 2.22. The highest BCUT2D eigenvalue weighted by molar-refractivity contribution is 7.98. The fraction of sp³-hybridized carbons (Fsp3) is 0.316. The van der Waals surface area contributed by atoms with Crippen molar-refractivity contribution in [2.75, 3.05) is 37.8 Å². The molecular formula is C19H21ClFN3OS. The number of hydrogen-bond donors (Lipinski definition) is 1. The molecule has 0 bridgehead atoms. The summed E-state index contributed by atoms with van der Waals surface area (Å²) in [6.07, 6.45) is 2.00. The third kappa shape index (κ3) is 4.69. The van der Waals surface area contributed by atoms with E-state index in [0.717, 1.165) is 10.6 Å². The lowest BCUT2D eigenvalue weighted by atomic mass is 10.2. The summed E-state index contributed by atoms with van der Waals surface area (Å²) in [7, 11) is 0. The average Bonchev–Trinajstić information content (AvgIpc) is 2.65. The minimum atomic E-state index is -0.286. The van der Waals surface area contributed by atoms with E-state index in [0.29, 0.717) is 43.3 Å². The maximum Gasteiger partial charge on any atom is 0.321 e. The van der Waals surface area contributed by atoms with Gasteiger partial charge in [-0.15, -0.1) is 11.8 Å². The second kappa shape index (κ2) is 8.75. The van der Waals surface area contributed by atoms with Crippen LogP contribution in [0, 0.1) is 5.82 Å². The Balaban J connectivity index is 1.54. The van der Waals surface area contributed by atoms with Crippen molar-refractivity contribution in [2.45, 2.75) is 11.4 Å². The van der Waals surface area contributed by atoms with E-state index < -0.39 is 0 Å². The van der Waals surface area contributed by atoms with Crippen LogP contribution in [-0.4, -0.2) is 48.3 Å². The summed E-state index contributed by atoms with van der Waals surface area (Å²) in [6, 6.07) is 12.4. The van der Waals surface area contributed by atoms with Gasteiger partial charge in [-0.2, -0.15) is 0 Å². The van der Waals surface area contributed by atoms with Crippen molar-refractivity contribution in [3.63, 3.8) is 0 Å². The quantitative estimate of drug-likeness (QED) is 0.774. The van der Waals surface area contributed by atoms with Gasteiger partial charge in [0.2, 0.25) is 0 Å². The molecular weight excluding hydrogens is 373 g/mol. The summed E-state index contributed by atoms with van der Waals surface area (Å²) in [5, 5.41) is 3.39. The van der Waals surface area contributed by atoms with Crippen molar-refractivity contribution in [1.29, 1.82) is 0 Å². The van der Waals surface area contributed by atoms with Crippen LogP contribution in [0.5, 0.6) is 0 Å². The lowest BCUT2D eigenvalue weighted by Gasteiger charge is -2.34. The SMILES string of the molecule is CSc1cccc(NC(=O)N2CCN(Cc3c(F)cccc3Cl)CC2)c1. The Bertz CT molecular complexity index is 761. The molecule has 1 saturated heterocycles. The van der Waals surface area contributed by atoms with Gasteiger partial charge >= 0.3 is 6.03 Å². The molecule has 2 amide bonds. The van der Waals surface area contributed by atoms with Gasteiger partial charge in [0.15, 0.2) is 0 Å². The molecule has 1 heterocycles. The molecule has 0 atom stereocenters. The number of anilines is 1. The number of benzene rings is 2. The monoisotopic (exact) mass is 393 g/mol. The molecule has 1 fully saturated rings. The number of nitrogens with one attached hydrogen (secondary N) is 1. The van der Waals surface area contributed by atoms with E-state index in [-0.39, 0.29) is 11.8 Å². The Hall–Kier alpha value is -1.76. The molecule has 2 aromatic carbocycles. The maximum atomic E-state index is 13.9. The van der Waals surface area contributed by atoms with E-state index in [4.69, 9.17) is 11.6 Å². The first-order valence-corrected chi connectivity index (χ1v) is 10.0. The van der Waals surface area contributed by atoms with Crippen LogP contribution in [0.15, 0.2) is 47.4 Å². The second-order valence-corrected chi connectivity index (χ2v) is 7.41. The zero-order valence-electron chi connectivity index (χ0n) is 14.5. The predicted octanol–water partition coefficient (Wildman–Crippen LogP) is 4.55. The van der Waals surface area contributed by atoms with E-state index in [9.17, 15) is 9.18 Å². The molecule has 1 N–H and O–H groups in total. The average molecular weight is 394 g/mol. The smallest absolute Gasteiger partial charge is 0.321 e. The second-order valence-electron chi connectivity index (χ2n) is 6.13. The third-order valence-electron chi connectivity index (χ3n) is 4.42. The van der Waals surface area contributed by atoms with Crippen LogP contribution < -0.4 is 5.32 Å². The number of piperazine rings is 1. The van der Waals surface area contributed by atoms with Gasteiger partial charge < -0.3 is 10.2 Å². The molecule has 7 heteroatoms. The lowest BCUT2D eigenvalue weighted by Crippen LogP contribution is -2.49. The Morgan fingerprint density at radius 1 is 1.19 bits per heavy atom. The molecule has 0 aliphatic carbocycles. The van der Waals surface area contributed by atoms with Crippen LogP contribution >= 0.6 is 23.4 Å². The zero-order chi connectivity index (χ0) is 18.5. The van der Waals surface area contributed by atoms with Crippen molar-refractivity contribution in [2.24, 2.45) is 0 Å². The van der Waals surface area contributed by atoms with Gasteiger partial charge in [-0.05, 0) is 36.6 Å². The Kier molecular flexibility index (Phi) is 6.40. The first kappa shape index (κ1) is 19.0. The number of carbonyl (C=O) groups is 1. The van der Waals surface area contributed by atoms with Gasteiger partial charge in [0.05, 0.1) is 0 Å². The summed E-state index contributed by atoms with van der Waals surface area (Å²) in [4.78, 5) is 17.5. The zero-order valence-corrected chi connectivity index (χ0v) is 16.1. The molecule has 0 radical (unpaired) electrons. The number of urea groups is 1. The molecule has 1 aliphatic rings. The first-order chi connectivity index (χ1) is 12.6. The largest absolute Gasteiger partial charge is 0.322 e. The normalized spacial score (nSPS) is 15.1. The molecule has 0 aromatic heterocycles. The summed E-state index contributed by atoms with van der Waals surface area (Å²) < 4.78 is 13.9. The van der Waals surface area contributed by atoms with E-state index in [1.165, 1.54) is 6.07 Å². The van der Waals surface area contributed by atoms with E-state index in [1.807, 2.05) is 30.5 Å². The number of hydrogen-bond acceptors (Lipinski definition) is 3. The number of nitrogens with zero attached hydrogens (tertiary/aromatic N) is 2. The molecule has 3 rings (SSSR count). The number of thioether (sulfide) groups is 1. The van der Waals surface area contributed by atoms with Gasteiger partial charge in [0, 0.05) is 53.9 Å². The van der Waals surface area contributed by atoms with Gasteiger partial charge in [-0.1, -0.05) is 23.7 Å². The minimum absolute atomic E-state index is 0.105. The van der Waals surface area contributed by atoms with Crippen molar-refractivity contribution >= 4 is 35.1 Å². The van der Waals surface area contributed by atoms with Crippen LogP contribution in [0.4, 0.5) is 14.9 Å². The minimum Gasteiger partial charge on any atom is -0.322 e. The van der Waals surface area contributed by atoms with Gasteiger partial charge in [-0.3, -0.25) is 4.90 Å². The standard InChI is InChI=1S/C19H21ClFN3OS/c1-26-15-5-2-4-14(12-15)22-19(25)24-10-8-23(9-11-24)13-16-17(20)6-3-7-18(16)21/h2-7,12H,8-11,13H2,1H3,(H,22,25). The third-order valence-corrected chi connectivity index (χ3v) is 5.50. The van der Waals surface area contributed by atoms with Crippen molar-refractivity contribution in [1.82, 2.24) is 9.80 Å². The Morgan fingerprint density at radius 2 is 1.92 bits per heavy atom. The summed E-state index contributed by atoms with van der Waals surface area (Å²) in [5.74, 6) is -0.286. The predicted molar refractivity (Wildman–Crippen MR) is 106 cm³/mol. The molecule has 138 valence electrons. The molecule has 2 aromatic rings. The van der Waals surface area contributed by atoms with Crippen LogP contribution in [0.1, 0.15) is 5.56 Å². The van der Waals surface area contributed by atoms with Crippen molar-refractivity contribution in [3.05, 3.63) is 58.9 Å². The van der Waals surface area contributed by atoms with Crippen LogP contribution in [0.3, 0.4) is 0 Å². The lowest BCUT2D eigenvalue weighted by molar-refractivity contribution is 0.142. The summed E-state index contributed by atoms with van der Waals surface area (Å²) >= 11 is 7.74. The van der Waals surface area contributed by atoms with Crippen molar-refractivity contribution < 1.29 is 9.18 Å². The molecule has 0 unspecified atom stereocenters. The van der Waals surface area contributed by atoms with Crippen LogP contribution in [0.25, 0.3) is 0 Å². The fourth-order valence-electron chi connectivity index (χ4n) is 2.92. The van der Waals surface area contributed by atoms with Crippen LogP contribution in [-0.2, 0) is 6.54 Å². The van der Waals surface area contributed by atoms with Gasteiger partial charge in [0.25, 0.3) is 0 Å². The number of carbonyl (C=O) groups excluding carboxylic acids is 1. The summed E-state index contributed by atoms with van der Waals surface area (Å²) in [6.45, 7) is 3.02. The highest BCUT2D eigenvalue weighted by atomic mass is 35.5. The molecule has 0 saturated carbocycles. The first-order valence-electron chi connectivity index (χ1n) is 8.42. The van der Waals surface area contributed by atoms with Gasteiger partial charge in [0.1, 0.15) is 5.82 Å². The number of halogens is 2. The molecule has 26 heavy (non-hydrogen) atoms. The maximum absolute atomic E-state index is 13.9. The fourth-order valence-corrected chi connectivity index (χ4v) is 3.60. The van der Waals surface area contributed by atoms with Gasteiger partial charge in [-0.25, -0.2) is 9.18 Å². The molecule has 0 spiro atoms. The highest BCUT2D eigenvalue weighted by Gasteiger charge is 2.22. The van der Waals surface area contributed by atoms with E-state index in [1.54, 1.807) is 28.8 Å². The Morgan fingerprint density at radius 3 is 2.62 bits per heavy atom. The van der Waals surface area contributed by atoms with Crippen LogP contribution in [0.2, 0.25) is 5.02 Å².